The summed E-state index contributed by atoms with van der Waals surface area (Å²) in [6.07, 6.45) is 6.86. The van der Waals surface area contributed by atoms with Crippen molar-refractivity contribution in [2.75, 3.05) is 0 Å². The van der Waals surface area contributed by atoms with Crippen LogP contribution in [0.2, 0.25) is 0 Å². The smallest absolute Gasteiger partial charge is 0.0115 e. The molecule has 96 valence electrons. The van der Waals surface area contributed by atoms with E-state index in [1.165, 1.54) is 20.1 Å². The molecule has 0 aliphatic heterocycles. The molecule has 0 nitrogen and oxygen atoms in total. The van der Waals surface area contributed by atoms with Crippen molar-refractivity contribution in [3.63, 3.8) is 0 Å². The van der Waals surface area contributed by atoms with Crippen molar-refractivity contribution >= 4 is 31.9 Å². The Labute approximate surface area is 126 Å². The zero-order valence-electron chi connectivity index (χ0n) is 11.3. The minimum atomic E-state index is 0.168. The Bertz CT molecular complexity index is 514. The van der Waals surface area contributed by atoms with Crippen LogP contribution in [0.1, 0.15) is 40.5 Å². The van der Waals surface area contributed by atoms with Crippen LogP contribution in [-0.4, -0.2) is 0 Å². The zero-order chi connectivity index (χ0) is 13.3. The summed E-state index contributed by atoms with van der Waals surface area (Å²) in [5, 5.41) is 0. The fraction of sp³-hybridized carbons (Fsp3) is 0.500. The Morgan fingerprint density at radius 2 is 1.11 bits per heavy atom. The van der Waals surface area contributed by atoms with E-state index in [4.69, 9.17) is 0 Å². The SMILES string of the molecule is CC1(C)C2=C(CC(Br)=C2)C(C)(C)C2=C1CC(Br)=C2. The Balaban J connectivity index is 2.21. The molecule has 3 aliphatic carbocycles. The second kappa shape index (κ2) is 3.73. The number of rotatable bonds is 0. The Kier molecular flexibility index (Phi) is 2.68. The highest BCUT2D eigenvalue weighted by molar-refractivity contribution is 9.12. The summed E-state index contributed by atoms with van der Waals surface area (Å²) in [5.74, 6) is 0. The molecule has 0 saturated heterocycles. The van der Waals surface area contributed by atoms with Gasteiger partial charge in [-0.25, -0.2) is 0 Å². The van der Waals surface area contributed by atoms with Crippen molar-refractivity contribution in [1.29, 1.82) is 0 Å². The third-order valence-electron chi connectivity index (χ3n) is 4.80. The van der Waals surface area contributed by atoms with Crippen LogP contribution in [0.15, 0.2) is 43.4 Å². The van der Waals surface area contributed by atoms with Crippen molar-refractivity contribution in [3.05, 3.63) is 43.4 Å². The first-order valence-corrected chi connectivity index (χ1v) is 8.03. The van der Waals surface area contributed by atoms with Crippen molar-refractivity contribution in [3.8, 4) is 0 Å². The van der Waals surface area contributed by atoms with Gasteiger partial charge in [0.05, 0.1) is 0 Å². The first-order chi connectivity index (χ1) is 8.24. The van der Waals surface area contributed by atoms with E-state index in [-0.39, 0.29) is 10.8 Å². The molecule has 2 heteroatoms. The van der Waals surface area contributed by atoms with Gasteiger partial charge in [0.15, 0.2) is 0 Å². The molecule has 0 fully saturated rings. The summed E-state index contributed by atoms with van der Waals surface area (Å²) in [6.45, 7) is 9.48. The van der Waals surface area contributed by atoms with Gasteiger partial charge in [-0.15, -0.1) is 0 Å². The van der Waals surface area contributed by atoms with Crippen LogP contribution in [0.5, 0.6) is 0 Å². The lowest BCUT2D eigenvalue weighted by molar-refractivity contribution is 0.438. The number of halogens is 2. The van der Waals surface area contributed by atoms with E-state index >= 15 is 0 Å². The van der Waals surface area contributed by atoms with E-state index in [1.54, 1.807) is 11.1 Å². The molecule has 0 heterocycles. The lowest BCUT2D eigenvalue weighted by Crippen LogP contribution is -2.30. The summed E-state index contributed by atoms with van der Waals surface area (Å²) in [4.78, 5) is 0. The largest absolute Gasteiger partial charge is 0.0553 e. The van der Waals surface area contributed by atoms with Crippen molar-refractivity contribution < 1.29 is 0 Å². The number of hydrogen-bond acceptors (Lipinski definition) is 0. The Hall–Kier alpha value is -0.0800. The summed E-state index contributed by atoms with van der Waals surface area (Å²) in [7, 11) is 0. The highest BCUT2D eigenvalue weighted by Crippen LogP contribution is 2.60. The fourth-order valence-corrected chi connectivity index (χ4v) is 4.69. The summed E-state index contributed by atoms with van der Waals surface area (Å²) >= 11 is 7.40. The third-order valence-corrected chi connectivity index (χ3v) is 5.82. The molecule has 0 radical (unpaired) electrons. The van der Waals surface area contributed by atoms with Crippen LogP contribution in [0.3, 0.4) is 0 Å². The highest BCUT2D eigenvalue weighted by Gasteiger charge is 2.46. The van der Waals surface area contributed by atoms with Gasteiger partial charge in [-0.1, -0.05) is 70.7 Å². The van der Waals surface area contributed by atoms with Crippen LogP contribution >= 0.6 is 31.9 Å². The van der Waals surface area contributed by atoms with E-state index in [0.717, 1.165) is 12.8 Å². The monoisotopic (exact) mass is 368 g/mol. The number of hydrogen-bond donors (Lipinski definition) is 0. The first-order valence-electron chi connectivity index (χ1n) is 6.45. The molecule has 0 aromatic heterocycles. The van der Waals surface area contributed by atoms with Gasteiger partial charge < -0.3 is 0 Å². The highest BCUT2D eigenvalue weighted by atomic mass is 79.9. The molecular formula is C16H18Br2. The van der Waals surface area contributed by atoms with Gasteiger partial charge in [0.1, 0.15) is 0 Å². The van der Waals surface area contributed by atoms with Crippen molar-refractivity contribution in [2.24, 2.45) is 10.8 Å². The van der Waals surface area contributed by atoms with Crippen molar-refractivity contribution in [1.82, 2.24) is 0 Å². The molecule has 0 aromatic carbocycles. The van der Waals surface area contributed by atoms with Crippen LogP contribution in [0, 0.1) is 10.8 Å². The van der Waals surface area contributed by atoms with Crippen LogP contribution in [-0.2, 0) is 0 Å². The predicted octanol–water partition coefficient (Wildman–Crippen LogP) is 6.01. The van der Waals surface area contributed by atoms with E-state index < -0.39 is 0 Å². The van der Waals surface area contributed by atoms with Crippen LogP contribution in [0.4, 0.5) is 0 Å². The van der Waals surface area contributed by atoms with Gasteiger partial charge in [-0.05, 0) is 32.3 Å². The predicted molar refractivity (Wildman–Crippen MR) is 84.9 cm³/mol. The lowest BCUT2D eigenvalue weighted by Gasteiger charge is -2.42. The fourth-order valence-electron chi connectivity index (χ4n) is 3.67. The number of allylic oxidation sites excluding steroid dienone is 8. The summed E-state index contributed by atoms with van der Waals surface area (Å²) in [5.41, 5.74) is 6.60. The molecule has 0 aromatic rings. The van der Waals surface area contributed by atoms with E-state index in [0.29, 0.717) is 0 Å². The van der Waals surface area contributed by atoms with E-state index in [1.807, 2.05) is 0 Å². The lowest BCUT2D eigenvalue weighted by atomic mass is 9.61. The zero-order valence-corrected chi connectivity index (χ0v) is 14.5. The maximum atomic E-state index is 3.70. The van der Waals surface area contributed by atoms with Gasteiger partial charge in [0.2, 0.25) is 0 Å². The molecule has 0 N–H and O–H groups in total. The molecular weight excluding hydrogens is 352 g/mol. The maximum absolute atomic E-state index is 3.70. The summed E-state index contributed by atoms with van der Waals surface area (Å²) < 4.78 is 2.66. The molecule has 0 atom stereocenters. The van der Waals surface area contributed by atoms with E-state index in [9.17, 15) is 0 Å². The molecule has 0 unspecified atom stereocenters. The van der Waals surface area contributed by atoms with Gasteiger partial charge in [0.25, 0.3) is 0 Å². The normalized spacial score (nSPS) is 28.1. The standard InChI is InChI=1S/C16H18Br2/c1-15(2)11-5-9(17)7-13(11)16(3,4)14-8-10(18)6-12(14)15/h5,8H,6-7H2,1-4H3. The second-order valence-electron chi connectivity index (χ2n) is 6.57. The van der Waals surface area contributed by atoms with Crippen molar-refractivity contribution in [2.45, 2.75) is 40.5 Å². The third kappa shape index (κ3) is 1.54. The molecule has 0 bridgehead atoms. The summed E-state index contributed by atoms with van der Waals surface area (Å²) in [6, 6.07) is 0. The Morgan fingerprint density at radius 1 is 0.778 bits per heavy atom. The minimum absolute atomic E-state index is 0.168. The minimum Gasteiger partial charge on any atom is -0.0553 e. The Morgan fingerprint density at radius 3 is 1.44 bits per heavy atom. The van der Waals surface area contributed by atoms with E-state index in [2.05, 4.69) is 71.7 Å². The quantitative estimate of drug-likeness (QED) is 0.490. The second-order valence-corrected chi connectivity index (χ2v) is 8.61. The van der Waals surface area contributed by atoms with Gasteiger partial charge in [-0.3, -0.25) is 0 Å². The van der Waals surface area contributed by atoms with Crippen LogP contribution in [0.25, 0.3) is 0 Å². The molecule has 0 saturated carbocycles. The van der Waals surface area contributed by atoms with Crippen LogP contribution < -0.4 is 0 Å². The average Bonchev–Trinajstić information content (AvgIpc) is 2.81. The first kappa shape index (κ1) is 12.9. The molecule has 0 spiro atoms. The van der Waals surface area contributed by atoms with Gasteiger partial charge in [0, 0.05) is 23.7 Å². The molecule has 3 rings (SSSR count). The maximum Gasteiger partial charge on any atom is 0.0115 e. The molecule has 18 heavy (non-hydrogen) atoms. The van der Waals surface area contributed by atoms with Gasteiger partial charge in [-0.2, -0.15) is 0 Å². The van der Waals surface area contributed by atoms with Gasteiger partial charge >= 0.3 is 0 Å². The molecule has 3 aliphatic rings. The molecule has 0 amide bonds. The average molecular weight is 370 g/mol. The topological polar surface area (TPSA) is 0 Å².